The van der Waals surface area contributed by atoms with Gasteiger partial charge in [-0.2, -0.15) is 12.6 Å². The van der Waals surface area contributed by atoms with Crippen molar-refractivity contribution in [3.05, 3.63) is 0 Å². The van der Waals surface area contributed by atoms with Gasteiger partial charge in [0.2, 0.25) is 0 Å². The van der Waals surface area contributed by atoms with Crippen molar-refractivity contribution < 1.29 is 9.47 Å². The van der Waals surface area contributed by atoms with Gasteiger partial charge in [0.1, 0.15) is 0 Å². The van der Waals surface area contributed by atoms with Gasteiger partial charge in [0.05, 0.1) is 6.61 Å². The number of ether oxygens (including phenoxy) is 2. The molecule has 0 radical (unpaired) electrons. The van der Waals surface area contributed by atoms with Crippen LogP contribution in [0.15, 0.2) is 0 Å². The molecule has 1 saturated heterocycles. The second-order valence-corrected chi connectivity index (χ2v) is 3.30. The lowest BCUT2D eigenvalue weighted by Crippen LogP contribution is -2.20. The highest BCUT2D eigenvalue weighted by atomic mass is 32.1. The minimum atomic E-state index is 0.726. The smallest absolute Gasteiger partial charge is 0.0554 e. The van der Waals surface area contributed by atoms with E-state index in [-0.39, 0.29) is 0 Å². The van der Waals surface area contributed by atoms with Crippen molar-refractivity contribution in [1.29, 1.82) is 0 Å². The van der Waals surface area contributed by atoms with E-state index < -0.39 is 0 Å². The van der Waals surface area contributed by atoms with E-state index in [1.54, 1.807) is 0 Å². The first-order valence-electron chi connectivity index (χ1n) is 4.20. The van der Waals surface area contributed by atoms with Gasteiger partial charge in [0.15, 0.2) is 0 Å². The fourth-order valence-electron chi connectivity index (χ4n) is 1.23. The molecular weight excluding hydrogens is 160 g/mol. The second-order valence-electron chi connectivity index (χ2n) is 2.85. The van der Waals surface area contributed by atoms with Gasteiger partial charge >= 0.3 is 0 Å². The van der Waals surface area contributed by atoms with E-state index in [1.165, 1.54) is 0 Å². The Balaban J connectivity index is 1.96. The van der Waals surface area contributed by atoms with Crippen molar-refractivity contribution in [2.75, 3.05) is 32.2 Å². The van der Waals surface area contributed by atoms with Gasteiger partial charge in [0.25, 0.3) is 0 Å². The standard InChI is InChI=1S/C8H16O2S/c11-6-5-10-7-8-1-3-9-4-2-8/h8,11H,1-7H2. The summed E-state index contributed by atoms with van der Waals surface area (Å²) in [6.07, 6.45) is 2.32. The van der Waals surface area contributed by atoms with E-state index in [0.29, 0.717) is 0 Å². The predicted octanol–water partition coefficient (Wildman–Crippen LogP) is 1.36. The molecule has 11 heavy (non-hydrogen) atoms. The molecule has 0 N–H and O–H groups in total. The van der Waals surface area contributed by atoms with Crippen molar-refractivity contribution >= 4 is 12.6 Å². The molecule has 0 unspecified atom stereocenters. The molecule has 0 aromatic rings. The van der Waals surface area contributed by atoms with Crippen LogP contribution in [0.25, 0.3) is 0 Å². The molecule has 66 valence electrons. The SMILES string of the molecule is SCCOCC1CCOCC1. The Bertz CT molecular complexity index is 92.1. The third-order valence-electron chi connectivity index (χ3n) is 1.93. The first-order chi connectivity index (χ1) is 5.43. The summed E-state index contributed by atoms with van der Waals surface area (Å²) in [7, 11) is 0. The summed E-state index contributed by atoms with van der Waals surface area (Å²) in [5.41, 5.74) is 0. The molecule has 0 bridgehead atoms. The maximum absolute atomic E-state index is 5.39. The Labute approximate surface area is 73.7 Å². The molecule has 3 heteroatoms. The zero-order valence-electron chi connectivity index (χ0n) is 6.79. The summed E-state index contributed by atoms with van der Waals surface area (Å²) >= 11 is 4.07. The zero-order valence-corrected chi connectivity index (χ0v) is 7.69. The molecule has 0 amide bonds. The third-order valence-corrected chi connectivity index (χ3v) is 2.11. The van der Waals surface area contributed by atoms with Crippen LogP contribution >= 0.6 is 12.6 Å². The van der Waals surface area contributed by atoms with Crippen LogP contribution in [0.4, 0.5) is 0 Å². The summed E-state index contributed by atoms with van der Waals surface area (Å²) in [5.74, 6) is 1.55. The Morgan fingerprint density at radius 3 is 2.73 bits per heavy atom. The molecule has 0 saturated carbocycles. The molecule has 0 aromatic heterocycles. The number of thiol groups is 1. The summed E-state index contributed by atoms with van der Waals surface area (Å²) in [4.78, 5) is 0. The average molecular weight is 176 g/mol. The van der Waals surface area contributed by atoms with Crippen LogP contribution in [0.5, 0.6) is 0 Å². The highest BCUT2D eigenvalue weighted by Crippen LogP contribution is 2.14. The van der Waals surface area contributed by atoms with Crippen LogP contribution < -0.4 is 0 Å². The maximum atomic E-state index is 5.39. The molecule has 0 aliphatic carbocycles. The topological polar surface area (TPSA) is 18.5 Å². The van der Waals surface area contributed by atoms with Crippen molar-refractivity contribution in [3.8, 4) is 0 Å². The quantitative estimate of drug-likeness (QED) is 0.515. The first kappa shape index (κ1) is 9.36. The summed E-state index contributed by atoms with van der Waals surface area (Å²) < 4.78 is 10.6. The minimum absolute atomic E-state index is 0.726. The summed E-state index contributed by atoms with van der Waals surface area (Å²) in [6, 6.07) is 0. The van der Waals surface area contributed by atoms with E-state index in [9.17, 15) is 0 Å². The third kappa shape index (κ3) is 3.99. The predicted molar refractivity (Wildman–Crippen MR) is 48.2 cm³/mol. The second kappa shape index (κ2) is 5.86. The number of rotatable bonds is 4. The van der Waals surface area contributed by atoms with E-state index in [1.807, 2.05) is 0 Å². The van der Waals surface area contributed by atoms with Crippen LogP contribution in [0, 0.1) is 5.92 Å². The zero-order chi connectivity index (χ0) is 7.94. The van der Waals surface area contributed by atoms with Crippen LogP contribution in [0.1, 0.15) is 12.8 Å². The van der Waals surface area contributed by atoms with Gasteiger partial charge in [-0.25, -0.2) is 0 Å². The molecular formula is C8H16O2S. The van der Waals surface area contributed by atoms with Gasteiger partial charge in [0, 0.05) is 25.6 Å². The lowest BCUT2D eigenvalue weighted by Gasteiger charge is -2.21. The summed E-state index contributed by atoms with van der Waals surface area (Å²) in [6.45, 7) is 3.49. The van der Waals surface area contributed by atoms with Crippen molar-refractivity contribution in [3.63, 3.8) is 0 Å². The van der Waals surface area contributed by atoms with E-state index in [2.05, 4.69) is 12.6 Å². The van der Waals surface area contributed by atoms with Gasteiger partial charge in [-0.3, -0.25) is 0 Å². The van der Waals surface area contributed by atoms with Crippen molar-refractivity contribution in [2.45, 2.75) is 12.8 Å². The van der Waals surface area contributed by atoms with Crippen LogP contribution in [0.2, 0.25) is 0 Å². The fourth-order valence-corrected chi connectivity index (χ4v) is 1.36. The van der Waals surface area contributed by atoms with Crippen LogP contribution in [-0.2, 0) is 9.47 Å². The Hall–Kier alpha value is 0.270. The molecule has 1 rings (SSSR count). The molecule has 0 aromatic carbocycles. The lowest BCUT2D eigenvalue weighted by atomic mass is 10.0. The number of hydrogen-bond donors (Lipinski definition) is 1. The maximum Gasteiger partial charge on any atom is 0.0554 e. The highest BCUT2D eigenvalue weighted by Gasteiger charge is 2.12. The van der Waals surface area contributed by atoms with Crippen LogP contribution in [0.3, 0.4) is 0 Å². The average Bonchev–Trinajstić information content (AvgIpc) is 2.07. The van der Waals surface area contributed by atoms with Crippen LogP contribution in [-0.4, -0.2) is 32.2 Å². The highest BCUT2D eigenvalue weighted by molar-refractivity contribution is 7.80. The minimum Gasteiger partial charge on any atom is -0.381 e. The van der Waals surface area contributed by atoms with Gasteiger partial charge in [-0.1, -0.05) is 0 Å². The van der Waals surface area contributed by atoms with E-state index in [0.717, 1.165) is 50.9 Å². The van der Waals surface area contributed by atoms with Crippen molar-refractivity contribution in [1.82, 2.24) is 0 Å². The number of hydrogen-bond acceptors (Lipinski definition) is 3. The fraction of sp³-hybridized carbons (Fsp3) is 1.00. The molecule has 0 atom stereocenters. The van der Waals surface area contributed by atoms with Gasteiger partial charge in [-0.05, 0) is 18.8 Å². The largest absolute Gasteiger partial charge is 0.381 e. The molecule has 1 aliphatic heterocycles. The molecule has 2 nitrogen and oxygen atoms in total. The first-order valence-corrected chi connectivity index (χ1v) is 4.83. The molecule has 1 fully saturated rings. The van der Waals surface area contributed by atoms with Crippen molar-refractivity contribution in [2.24, 2.45) is 5.92 Å². The van der Waals surface area contributed by atoms with Gasteiger partial charge < -0.3 is 9.47 Å². The van der Waals surface area contributed by atoms with E-state index >= 15 is 0 Å². The Kier molecular flexibility index (Phi) is 4.99. The normalized spacial score (nSPS) is 20.5. The monoisotopic (exact) mass is 176 g/mol. The Morgan fingerprint density at radius 2 is 2.09 bits per heavy atom. The van der Waals surface area contributed by atoms with Gasteiger partial charge in [-0.15, -0.1) is 0 Å². The Morgan fingerprint density at radius 1 is 1.36 bits per heavy atom. The molecule has 1 aliphatic rings. The summed E-state index contributed by atoms with van der Waals surface area (Å²) in [5, 5.41) is 0. The molecule has 0 spiro atoms. The molecule has 1 heterocycles. The lowest BCUT2D eigenvalue weighted by molar-refractivity contribution is 0.0245. The van der Waals surface area contributed by atoms with E-state index in [4.69, 9.17) is 9.47 Å².